The first kappa shape index (κ1) is 17.5. The zero-order chi connectivity index (χ0) is 18.1. The Kier molecular flexibility index (Phi) is 4.82. The van der Waals surface area contributed by atoms with Crippen LogP contribution in [0.5, 0.6) is 0 Å². The third-order valence-electron chi connectivity index (χ3n) is 4.08. The lowest BCUT2D eigenvalue weighted by Crippen LogP contribution is -2.05. The fraction of sp³-hybridized carbons (Fsp3) is 0.294. The third-order valence-corrected chi connectivity index (χ3v) is 4.93. The average Bonchev–Trinajstić information content (AvgIpc) is 3.14. The highest BCUT2D eigenvalue weighted by Gasteiger charge is 2.22. The molecule has 0 radical (unpaired) electrons. The van der Waals surface area contributed by atoms with Crippen LogP contribution in [0.4, 0.5) is 0 Å². The lowest BCUT2D eigenvalue weighted by atomic mass is 9.99. The Balaban J connectivity index is 2.01. The summed E-state index contributed by atoms with van der Waals surface area (Å²) in [6, 6.07) is 5.57. The molecular weight excluding hydrogens is 386 g/mol. The van der Waals surface area contributed by atoms with E-state index in [0.717, 1.165) is 21.3 Å². The number of aliphatic hydroxyl groups excluding tert-OH is 1. The number of rotatable bonds is 5. The second kappa shape index (κ2) is 6.89. The molecule has 0 aliphatic heterocycles. The van der Waals surface area contributed by atoms with Crippen LogP contribution in [0.2, 0.25) is 0 Å². The first-order valence-electron chi connectivity index (χ1n) is 7.81. The number of nitrogens with one attached hydrogen (secondary N) is 1. The highest BCUT2D eigenvalue weighted by molar-refractivity contribution is 9.10. The minimum absolute atomic E-state index is 0.0547. The molecular formula is C17H18BrN5O2. The van der Waals surface area contributed by atoms with Gasteiger partial charge in [-0.2, -0.15) is 4.80 Å². The zero-order valence-corrected chi connectivity index (χ0v) is 15.8. The van der Waals surface area contributed by atoms with Gasteiger partial charge in [0, 0.05) is 21.3 Å². The monoisotopic (exact) mass is 403 g/mol. The number of tetrazole rings is 1. The number of H-pyrrole nitrogens is 1. The van der Waals surface area contributed by atoms with E-state index in [4.69, 9.17) is 5.11 Å². The highest BCUT2D eigenvalue weighted by Crippen LogP contribution is 2.28. The van der Waals surface area contributed by atoms with Crippen LogP contribution < -0.4 is 0 Å². The zero-order valence-electron chi connectivity index (χ0n) is 14.2. The Morgan fingerprint density at radius 1 is 1.32 bits per heavy atom. The lowest BCUT2D eigenvalue weighted by molar-refractivity contribution is 0.103. The third kappa shape index (κ3) is 3.27. The van der Waals surface area contributed by atoms with Crippen molar-refractivity contribution in [1.29, 1.82) is 0 Å². The van der Waals surface area contributed by atoms with Crippen molar-refractivity contribution in [2.45, 2.75) is 27.3 Å². The molecule has 2 aromatic heterocycles. The Morgan fingerprint density at radius 2 is 2.08 bits per heavy atom. The molecule has 0 amide bonds. The number of nitrogens with zero attached hydrogens (tertiary/aromatic N) is 4. The normalized spacial score (nSPS) is 11.1. The smallest absolute Gasteiger partial charge is 0.221 e. The minimum Gasteiger partial charge on any atom is -0.394 e. The van der Waals surface area contributed by atoms with Gasteiger partial charge in [0.05, 0.1) is 18.8 Å². The SMILES string of the molecule is Cc1ccc(C(=O)c2c(C)[nH]c(-c3nnn(CCO)n3)c2C)cc1Br. The number of aryl methyl sites for hydroxylation is 2. The topological polar surface area (TPSA) is 96.7 Å². The van der Waals surface area contributed by atoms with Gasteiger partial charge in [-0.15, -0.1) is 10.2 Å². The number of benzene rings is 1. The summed E-state index contributed by atoms with van der Waals surface area (Å²) in [5.74, 6) is 0.346. The quantitative estimate of drug-likeness (QED) is 0.638. The van der Waals surface area contributed by atoms with E-state index in [1.807, 2.05) is 39.0 Å². The fourth-order valence-electron chi connectivity index (χ4n) is 2.72. The van der Waals surface area contributed by atoms with Crippen molar-refractivity contribution in [1.82, 2.24) is 25.2 Å². The number of hydrogen-bond acceptors (Lipinski definition) is 5. The van der Waals surface area contributed by atoms with Crippen molar-refractivity contribution < 1.29 is 9.90 Å². The van der Waals surface area contributed by atoms with Gasteiger partial charge in [-0.05, 0) is 43.2 Å². The van der Waals surface area contributed by atoms with Crippen molar-refractivity contribution in [3.8, 4) is 11.5 Å². The Bertz CT molecular complexity index is 945. The predicted molar refractivity (Wildman–Crippen MR) is 96.5 cm³/mol. The molecule has 25 heavy (non-hydrogen) atoms. The molecule has 0 atom stereocenters. The predicted octanol–water partition coefficient (Wildman–Crippen LogP) is 2.58. The van der Waals surface area contributed by atoms with E-state index < -0.39 is 0 Å². The minimum atomic E-state index is -0.0649. The summed E-state index contributed by atoms with van der Waals surface area (Å²) in [6.45, 7) is 5.90. The summed E-state index contributed by atoms with van der Waals surface area (Å²) in [6.07, 6.45) is 0. The molecule has 3 aromatic rings. The molecule has 0 unspecified atom stereocenters. The maximum atomic E-state index is 13.0. The lowest BCUT2D eigenvalue weighted by Gasteiger charge is -2.05. The molecule has 0 fully saturated rings. The summed E-state index contributed by atoms with van der Waals surface area (Å²) in [5.41, 5.74) is 4.51. The standard InChI is InChI=1S/C17H18BrN5O2/c1-9-4-5-12(8-13(9)18)16(25)14-10(2)15(19-11(14)3)17-20-22-23(21-17)6-7-24/h4-5,8,19,24H,6-7H2,1-3H3. The van der Waals surface area contributed by atoms with E-state index in [0.29, 0.717) is 22.6 Å². The summed E-state index contributed by atoms with van der Waals surface area (Å²) in [7, 11) is 0. The van der Waals surface area contributed by atoms with Gasteiger partial charge >= 0.3 is 0 Å². The number of aromatic nitrogens is 5. The van der Waals surface area contributed by atoms with Crippen molar-refractivity contribution in [3.05, 3.63) is 50.6 Å². The van der Waals surface area contributed by atoms with Gasteiger partial charge in [0.25, 0.3) is 0 Å². The molecule has 0 saturated carbocycles. The Labute approximate surface area is 153 Å². The number of halogens is 1. The molecule has 2 N–H and O–H groups in total. The van der Waals surface area contributed by atoms with Crippen LogP contribution in [0.1, 0.15) is 32.7 Å². The average molecular weight is 404 g/mol. The largest absolute Gasteiger partial charge is 0.394 e. The van der Waals surface area contributed by atoms with E-state index in [2.05, 4.69) is 36.3 Å². The Morgan fingerprint density at radius 3 is 2.76 bits per heavy atom. The van der Waals surface area contributed by atoms with Gasteiger partial charge in [-0.1, -0.05) is 28.1 Å². The number of hydrogen-bond donors (Lipinski definition) is 2. The molecule has 0 saturated heterocycles. The van der Waals surface area contributed by atoms with Crippen LogP contribution in [-0.2, 0) is 6.54 Å². The maximum absolute atomic E-state index is 13.0. The van der Waals surface area contributed by atoms with Crippen molar-refractivity contribution in [2.75, 3.05) is 6.61 Å². The van der Waals surface area contributed by atoms with Crippen molar-refractivity contribution in [2.24, 2.45) is 0 Å². The first-order valence-corrected chi connectivity index (χ1v) is 8.60. The van der Waals surface area contributed by atoms with E-state index in [9.17, 15) is 4.79 Å². The van der Waals surface area contributed by atoms with Crippen LogP contribution in [0, 0.1) is 20.8 Å². The molecule has 2 heterocycles. The second-order valence-electron chi connectivity index (χ2n) is 5.85. The van der Waals surface area contributed by atoms with Gasteiger partial charge in [0.1, 0.15) is 0 Å². The van der Waals surface area contributed by atoms with Gasteiger partial charge in [0.2, 0.25) is 5.82 Å². The first-order chi connectivity index (χ1) is 11.9. The summed E-state index contributed by atoms with van der Waals surface area (Å²) < 4.78 is 0.901. The van der Waals surface area contributed by atoms with Crippen LogP contribution in [0.25, 0.3) is 11.5 Å². The van der Waals surface area contributed by atoms with E-state index in [1.54, 1.807) is 0 Å². The van der Waals surface area contributed by atoms with Crippen molar-refractivity contribution in [3.63, 3.8) is 0 Å². The molecule has 7 nitrogen and oxygen atoms in total. The summed E-state index contributed by atoms with van der Waals surface area (Å²) in [5, 5.41) is 21.1. The number of carbonyl (C=O) groups is 1. The Hall–Kier alpha value is -2.32. The van der Waals surface area contributed by atoms with E-state index in [-0.39, 0.29) is 18.9 Å². The molecule has 0 spiro atoms. The molecule has 130 valence electrons. The fourth-order valence-corrected chi connectivity index (χ4v) is 3.10. The van der Waals surface area contributed by atoms with Crippen LogP contribution >= 0.6 is 15.9 Å². The van der Waals surface area contributed by atoms with Gasteiger partial charge in [0.15, 0.2) is 5.78 Å². The van der Waals surface area contributed by atoms with Crippen LogP contribution in [0.15, 0.2) is 22.7 Å². The van der Waals surface area contributed by atoms with Gasteiger partial charge < -0.3 is 10.1 Å². The second-order valence-corrected chi connectivity index (χ2v) is 6.70. The number of aromatic amines is 1. The van der Waals surface area contributed by atoms with E-state index in [1.165, 1.54) is 4.80 Å². The van der Waals surface area contributed by atoms with Gasteiger partial charge in [-0.25, -0.2) is 0 Å². The molecule has 3 rings (SSSR count). The highest BCUT2D eigenvalue weighted by atomic mass is 79.9. The van der Waals surface area contributed by atoms with Crippen molar-refractivity contribution >= 4 is 21.7 Å². The molecule has 1 aromatic carbocycles. The molecule has 0 aliphatic carbocycles. The van der Waals surface area contributed by atoms with Gasteiger partial charge in [-0.3, -0.25) is 4.79 Å². The summed E-state index contributed by atoms with van der Waals surface area (Å²) in [4.78, 5) is 17.5. The van der Waals surface area contributed by atoms with Crippen LogP contribution in [-0.4, -0.2) is 42.7 Å². The maximum Gasteiger partial charge on any atom is 0.221 e. The van der Waals surface area contributed by atoms with E-state index >= 15 is 0 Å². The summed E-state index contributed by atoms with van der Waals surface area (Å²) >= 11 is 3.47. The number of ketones is 1. The number of carbonyl (C=O) groups excluding carboxylic acids is 1. The number of aliphatic hydroxyl groups is 1. The molecule has 0 aliphatic rings. The van der Waals surface area contributed by atoms with Crippen LogP contribution in [0.3, 0.4) is 0 Å². The molecule has 8 heteroatoms. The molecule has 0 bridgehead atoms.